The summed E-state index contributed by atoms with van der Waals surface area (Å²) in [5.74, 6) is 0.625. The average Bonchev–Trinajstić information content (AvgIpc) is 3.06. The second-order valence-electron chi connectivity index (χ2n) is 8.92. The van der Waals surface area contributed by atoms with Crippen molar-refractivity contribution >= 4 is 11.0 Å². The molecule has 3 aromatic heterocycles. The summed E-state index contributed by atoms with van der Waals surface area (Å²) in [6.45, 7) is 8.54. The molecule has 0 bridgehead atoms. The fourth-order valence-corrected chi connectivity index (χ4v) is 4.55. The van der Waals surface area contributed by atoms with E-state index in [0.29, 0.717) is 22.9 Å². The molecule has 30 heavy (non-hydrogen) atoms. The minimum atomic E-state index is -0.300. The Morgan fingerprint density at radius 2 is 1.80 bits per heavy atom. The molecular formula is C24H31FN4O. The molecule has 1 aliphatic carbocycles. The SMILES string of the molecule is CC1CN(C2CCC2)CC(C)C1O.Cc1ccnc(-c2ccnc3[nH]cc(F)c23)c1. The van der Waals surface area contributed by atoms with Crippen LogP contribution in [0.15, 0.2) is 36.8 Å². The molecule has 4 heterocycles. The summed E-state index contributed by atoms with van der Waals surface area (Å²) in [6.07, 6.45) is 8.80. The Bertz CT molecular complexity index is 988. The molecule has 1 saturated carbocycles. The van der Waals surface area contributed by atoms with Crippen molar-refractivity contribution in [2.75, 3.05) is 13.1 Å². The quantitative estimate of drug-likeness (QED) is 0.650. The fraction of sp³-hybridized carbons (Fsp3) is 0.500. The van der Waals surface area contributed by atoms with Gasteiger partial charge in [0.2, 0.25) is 0 Å². The molecule has 0 amide bonds. The van der Waals surface area contributed by atoms with E-state index in [2.05, 4.69) is 33.7 Å². The van der Waals surface area contributed by atoms with E-state index in [1.807, 2.05) is 19.1 Å². The average molecular weight is 411 g/mol. The Morgan fingerprint density at radius 3 is 2.43 bits per heavy atom. The van der Waals surface area contributed by atoms with Crippen molar-refractivity contribution in [3.8, 4) is 11.3 Å². The van der Waals surface area contributed by atoms with Gasteiger partial charge in [-0.2, -0.15) is 0 Å². The van der Waals surface area contributed by atoms with Crippen LogP contribution in [0.5, 0.6) is 0 Å². The van der Waals surface area contributed by atoms with Crippen molar-refractivity contribution < 1.29 is 9.50 Å². The summed E-state index contributed by atoms with van der Waals surface area (Å²) in [6, 6.07) is 6.47. The molecule has 5 rings (SSSR count). The molecule has 1 aliphatic heterocycles. The van der Waals surface area contributed by atoms with E-state index < -0.39 is 0 Å². The van der Waals surface area contributed by atoms with Gasteiger partial charge >= 0.3 is 0 Å². The van der Waals surface area contributed by atoms with E-state index in [1.165, 1.54) is 25.5 Å². The number of piperidine rings is 1. The van der Waals surface area contributed by atoms with Gasteiger partial charge in [-0.3, -0.25) is 9.88 Å². The number of nitrogens with one attached hydrogen (secondary N) is 1. The van der Waals surface area contributed by atoms with Crippen LogP contribution >= 0.6 is 0 Å². The number of halogens is 1. The Balaban J connectivity index is 0.000000151. The fourth-order valence-electron chi connectivity index (χ4n) is 4.55. The zero-order valence-corrected chi connectivity index (χ0v) is 18.0. The lowest BCUT2D eigenvalue weighted by Gasteiger charge is -2.45. The van der Waals surface area contributed by atoms with Crippen molar-refractivity contribution in [1.29, 1.82) is 0 Å². The van der Waals surface area contributed by atoms with Gasteiger partial charge < -0.3 is 10.1 Å². The zero-order valence-electron chi connectivity index (χ0n) is 18.0. The van der Waals surface area contributed by atoms with Crippen molar-refractivity contribution in [1.82, 2.24) is 19.9 Å². The third-order valence-electron chi connectivity index (χ3n) is 6.52. The number of aromatic amines is 1. The molecule has 2 N–H and O–H groups in total. The van der Waals surface area contributed by atoms with Crippen LogP contribution in [-0.4, -0.2) is 50.2 Å². The molecule has 5 nitrogen and oxygen atoms in total. The smallest absolute Gasteiger partial charge is 0.150 e. The summed E-state index contributed by atoms with van der Waals surface area (Å²) in [5.41, 5.74) is 3.16. The monoisotopic (exact) mass is 410 g/mol. The van der Waals surface area contributed by atoms with Gasteiger partial charge in [0.15, 0.2) is 5.82 Å². The van der Waals surface area contributed by atoms with E-state index >= 15 is 0 Å². The molecule has 2 aliphatic rings. The summed E-state index contributed by atoms with van der Waals surface area (Å²) in [5, 5.41) is 10.3. The molecule has 1 saturated heterocycles. The first-order chi connectivity index (χ1) is 14.4. The van der Waals surface area contributed by atoms with E-state index in [-0.39, 0.29) is 11.9 Å². The minimum Gasteiger partial charge on any atom is -0.392 e. The number of aryl methyl sites for hydroxylation is 1. The van der Waals surface area contributed by atoms with Crippen LogP contribution in [0.4, 0.5) is 4.39 Å². The van der Waals surface area contributed by atoms with E-state index in [0.717, 1.165) is 36.0 Å². The third-order valence-corrected chi connectivity index (χ3v) is 6.52. The van der Waals surface area contributed by atoms with E-state index in [1.54, 1.807) is 18.5 Å². The van der Waals surface area contributed by atoms with Gasteiger partial charge in [0, 0.05) is 43.3 Å². The van der Waals surface area contributed by atoms with Crippen molar-refractivity contribution in [2.24, 2.45) is 11.8 Å². The molecule has 0 aromatic carbocycles. The molecule has 2 atom stereocenters. The van der Waals surface area contributed by atoms with Crippen LogP contribution in [0.1, 0.15) is 38.7 Å². The van der Waals surface area contributed by atoms with Crippen LogP contribution in [0.3, 0.4) is 0 Å². The lowest BCUT2D eigenvalue weighted by atomic mass is 9.83. The van der Waals surface area contributed by atoms with E-state index in [4.69, 9.17) is 0 Å². The number of likely N-dealkylation sites (tertiary alicyclic amines) is 1. The highest BCUT2D eigenvalue weighted by atomic mass is 19.1. The van der Waals surface area contributed by atoms with Crippen LogP contribution in [0.2, 0.25) is 0 Å². The van der Waals surface area contributed by atoms with Gasteiger partial charge in [-0.15, -0.1) is 0 Å². The summed E-state index contributed by atoms with van der Waals surface area (Å²) in [7, 11) is 0. The Kier molecular flexibility index (Phi) is 6.16. The van der Waals surface area contributed by atoms with Gasteiger partial charge in [-0.25, -0.2) is 9.37 Å². The second kappa shape index (κ2) is 8.82. The van der Waals surface area contributed by atoms with Gasteiger partial charge in [-0.05, 0) is 55.4 Å². The van der Waals surface area contributed by atoms with Crippen LogP contribution in [0.25, 0.3) is 22.3 Å². The Hall–Kier alpha value is -2.31. The zero-order chi connectivity index (χ0) is 21.3. The maximum atomic E-state index is 13.7. The Labute approximate surface area is 177 Å². The number of aliphatic hydroxyl groups excluding tert-OH is 1. The summed E-state index contributed by atoms with van der Waals surface area (Å²) < 4.78 is 13.7. The number of aliphatic hydroxyl groups is 1. The maximum absolute atomic E-state index is 13.7. The predicted octanol–water partition coefficient (Wildman–Crippen LogP) is 4.56. The normalized spacial score (nSPS) is 24.9. The number of rotatable bonds is 2. The van der Waals surface area contributed by atoms with Gasteiger partial charge in [0.1, 0.15) is 5.65 Å². The lowest BCUT2D eigenvalue weighted by molar-refractivity contribution is -0.0356. The number of aromatic nitrogens is 3. The first-order valence-electron chi connectivity index (χ1n) is 10.9. The number of H-pyrrole nitrogens is 1. The van der Waals surface area contributed by atoms with Crippen molar-refractivity contribution in [3.63, 3.8) is 0 Å². The first kappa shape index (κ1) is 20.9. The van der Waals surface area contributed by atoms with Crippen molar-refractivity contribution in [3.05, 3.63) is 48.2 Å². The summed E-state index contributed by atoms with van der Waals surface area (Å²) in [4.78, 5) is 13.7. The number of pyridine rings is 2. The lowest BCUT2D eigenvalue weighted by Crippen LogP contribution is -2.53. The molecule has 2 unspecified atom stereocenters. The maximum Gasteiger partial charge on any atom is 0.150 e. The van der Waals surface area contributed by atoms with Crippen molar-refractivity contribution in [2.45, 2.75) is 52.2 Å². The molecule has 3 aromatic rings. The van der Waals surface area contributed by atoms with Gasteiger partial charge in [0.05, 0.1) is 17.2 Å². The van der Waals surface area contributed by atoms with Gasteiger partial charge in [-0.1, -0.05) is 20.3 Å². The molecule has 160 valence electrons. The number of hydrogen-bond acceptors (Lipinski definition) is 4. The van der Waals surface area contributed by atoms with Crippen LogP contribution in [0, 0.1) is 24.6 Å². The topological polar surface area (TPSA) is 65.0 Å². The summed E-state index contributed by atoms with van der Waals surface area (Å²) >= 11 is 0. The molecule has 0 spiro atoms. The standard InChI is InChI=1S/C13H10FN3.C11H21NO/c1-8-2-4-15-11(6-8)9-3-5-16-13-12(9)10(14)7-17-13;1-8-6-12(10-4-3-5-10)7-9(2)11(8)13/h2-7H,1H3,(H,16,17);8-11,13H,3-7H2,1-2H3. The third kappa shape index (κ3) is 4.25. The van der Waals surface area contributed by atoms with Gasteiger partial charge in [0.25, 0.3) is 0 Å². The highest BCUT2D eigenvalue weighted by molar-refractivity contribution is 5.92. The number of hydrogen-bond donors (Lipinski definition) is 2. The molecular weight excluding hydrogens is 379 g/mol. The first-order valence-corrected chi connectivity index (χ1v) is 10.9. The predicted molar refractivity (Wildman–Crippen MR) is 118 cm³/mol. The minimum absolute atomic E-state index is 0.0728. The highest BCUT2D eigenvalue weighted by Crippen LogP contribution is 2.31. The number of nitrogens with zero attached hydrogens (tertiary/aromatic N) is 3. The molecule has 6 heteroatoms. The van der Waals surface area contributed by atoms with Crippen LogP contribution < -0.4 is 0 Å². The van der Waals surface area contributed by atoms with Crippen LogP contribution in [-0.2, 0) is 0 Å². The Morgan fingerprint density at radius 1 is 1.10 bits per heavy atom. The molecule has 0 radical (unpaired) electrons. The number of fused-ring (bicyclic) bond motifs is 1. The molecule has 2 fully saturated rings. The van der Waals surface area contributed by atoms with E-state index in [9.17, 15) is 9.50 Å². The largest absolute Gasteiger partial charge is 0.392 e. The second-order valence-corrected chi connectivity index (χ2v) is 8.92. The highest BCUT2D eigenvalue weighted by Gasteiger charge is 2.35.